The summed E-state index contributed by atoms with van der Waals surface area (Å²) < 4.78 is 11.1. The van der Waals surface area contributed by atoms with Crippen LogP contribution in [0.1, 0.15) is 15.9 Å². The number of hydrogen-bond acceptors (Lipinski definition) is 5. The number of ether oxygens (including phenoxy) is 1. The Morgan fingerprint density at radius 3 is 2.69 bits per heavy atom. The van der Waals surface area contributed by atoms with Crippen LogP contribution in [0.4, 0.5) is 5.69 Å². The van der Waals surface area contributed by atoms with Crippen molar-refractivity contribution in [2.45, 2.75) is 6.92 Å². The van der Waals surface area contributed by atoms with Crippen molar-refractivity contribution in [3.63, 3.8) is 0 Å². The van der Waals surface area contributed by atoms with E-state index in [4.69, 9.17) is 9.15 Å². The number of esters is 1. The largest absolute Gasteiger partial charge is 0.452 e. The molecule has 3 rings (SSSR count). The van der Waals surface area contributed by atoms with Crippen molar-refractivity contribution in [2.24, 2.45) is 0 Å². The maximum absolute atomic E-state index is 12.1. The minimum Gasteiger partial charge on any atom is -0.452 e. The Morgan fingerprint density at radius 1 is 1.15 bits per heavy atom. The summed E-state index contributed by atoms with van der Waals surface area (Å²) in [6.45, 7) is 1.36. The normalized spacial score (nSPS) is 10.5. The van der Waals surface area contributed by atoms with Gasteiger partial charge in [0, 0.05) is 14.6 Å². The smallest absolute Gasteiger partial charge is 0.351 e. The number of nitrogens with one attached hydrogen (secondary N) is 1. The third-order valence-electron chi connectivity index (χ3n) is 3.66. The molecule has 1 heterocycles. The first-order valence-corrected chi connectivity index (χ1v) is 8.78. The van der Waals surface area contributed by atoms with E-state index in [1.165, 1.54) is 6.07 Å². The molecule has 0 aliphatic heterocycles. The second-order valence-corrected chi connectivity index (χ2v) is 6.81. The van der Waals surface area contributed by atoms with Crippen molar-refractivity contribution in [3.8, 4) is 0 Å². The Kier molecular flexibility index (Phi) is 5.36. The minimum atomic E-state index is -0.904. The fraction of sp³-hybridized carbons (Fsp3) is 0.105. The van der Waals surface area contributed by atoms with Crippen LogP contribution < -0.4 is 10.9 Å². The zero-order valence-corrected chi connectivity index (χ0v) is 15.9. The number of hydrogen-bond donors (Lipinski definition) is 1. The molecule has 0 aliphatic carbocycles. The molecule has 0 spiro atoms. The lowest BCUT2D eigenvalue weighted by Gasteiger charge is -2.09. The lowest BCUT2D eigenvalue weighted by molar-refractivity contribution is -0.119. The van der Waals surface area contributed by atoms with Gasteiger partial charge in [0.2, 0.25) is 0 Å². The van der Waals surface area contributed by atoms with E-state index in [0.717, 1.165) is 9.13 Å². The molecule has 0 unspecified atom stereocenters. The molecular weight excluding hydrogens is 449 g/mol. The highest BCUT2D eigenvalue weighted by Gasteiger charge is 2.17. The van der Waals surface area contributed by atoms with E-state index in [1.807, 2.05) is 19.1 Å². The summed E-state index contributed by atoms with van der Waals surface area (Å²) in [5.74, 6) is -1.40. The van der Waals surface area contributed by atoms with Crippen molar-refractivity contribution in [1.29, 1.82) is 0 Å². The summed E-state index contributed by atoms with van der Waals surface area (Å²) in [6.07, 6.45) is 0. The van der Waals surface area contributed by atoms with E-state index in [2.05, 4.69) is 27.9 Å². The molecular formula is C19H14INO5. The Morgan fingerprint density at radius 2 is 1.92 bits per heavy atom. The fourth-order valence-corrected chi connectivity index (χ4v) is 3.01. The summed E-state index contributed by atoms with van der Waals surface area (Å²) in [4.78, 5) is 36.0. The van der Waals surface area contributed by atoms with Gasteiger partial charge in [-0.15, -0.1) is 0 Å². The SMILES string of the molecule is Cc1cc(I)ccc1NC(=O)COC(=O)c1cc2ccccc2oc1=O. The van der Waals surface area contributed by atoms with Gasteiger partial charge in [-0.25, -0.2) is 9.59 Å². The number of carbonyl (C=O) groups is 2. The third kappa shape index (κ3) is 4.10. The number of halogens is 1. The van der Waals surface area contributed by atoms with Crippen LogP contribution in [0.2, 0.25) is 0 Å². The van der Waals surface area contributed by atoms with Crippen LogP contribution in [0, 0.1) is 10.5 Å². The summed E-state index contributed by atoms with van der Waals surface area (Å²) in [5.41, 5.74) is 0.856. The van der Waals surface area contributed by atoms with E-state index < -0.39 is 24.1 Å². The molecule has 1 N–H and O–H groups in total. The lowest BCUT2D eigenvalue weighted by atomic mass is 10.2. The summed E-state index contributed by atoms with van der Waals surface area (Å²) in [7, 11) is 0. The van der Waals surface area contributed by atoms with Crippen LogP contribution in [-0.4, -0.2) is 18.5 Å². The first-order valence-electron chi connectivity index (χ1n) is 7.70. The van der Waals surface area contributed by atoms with E-state index in [0.29, 0.717) is 16.7 Å². The Hall–Kier alpha value is -2.68. The molecule has 0 bridgehead atoms. The Labute approximate surface area is 162 Å². The van der Waals surface area contributed by atoms with Gasteiger partial charge in [0.1, 0.15) is 11.1 Å². The van der Waals surface area contributed by atoms with Gasteiger partial charge in [0.15, 0.2) is 6.61 Å². The van der Waals surface area contributed by atoms with Crippen molar-refractivity contribution in [1.82, 2.24) is 0 Å². The average Bonchev–Trinajstić information content (AvgIpc) is 2.61. The van der Waals surface area contributed by atoms with Crippen LogP contribution >= 0.6 is 22.6 Å². The molecule has 7 heteroatoms. The number of para-hydroxylation sites is 1. The van der Waals surface area contributed by atoms with Gasteiger partial charge in [-0.1, -0.05) is 18.2 Å². The van der Waals surface area contributed by atoms with Crippen molar-refractivity contribution in [3.05, 3.63) is 73.6 Å². The highest BCUT2D eigenvalue weighted by Crippen LogP contribution is 2.17. The lowest BCUT2D eigenvalue weighted by Crippen LogP contribution is -2.23. The molecule has 0 saturated carbocycles. The van der Waals surface area contributed by atoms with E-state index in [-0.39, 0.29) is 5.56 Å². The molecule has 1 amide bonds. The van der Waals surface area contributed by atoms with Gasteiger partial charge in [-0.2, -0.15) is 0 Å². The average molecular weight is 463 g/mol. The number of carbonyl (C=O) groups excluding carboxylic acids is 2. The molecule has 6 nitrogen and oxygen atoms in total. The van der Waals surface area contributed by atoms with Crippen molar-refractivity contribution < 1.29 is 18.7 Å². The highest BCUT2D eigenvalue weighted by atomic mass is 127. The number of fused-ring (bicyclic) bond motifs is 1. The van der Waals surface area contributed by atoms with Gasteiger partial charge in [-0.05, 0) is 65.4 Å². The highest BCUT2D eigenvalue weighted by molar-refractivity contribution is 14.1. The molecule has 3 aromatic rings. The molecule has 0 saturated heterocycles. The number of aryl methyl sites for hydroxylation is 1. The van der Waals surface area contributed by atoms with Crippen LogP contribution in [-0.2, 0) is 9.53 Å². The fourth-order valence-electron chi connectivity index (χ4n) is 2.37. The molecule has 2 aromatic carbocycles. The molecule has 1 aromatic heterocycles. The zero-order chi connectivity index (χ0) is 18.7. The van der Waals surface area contributed by atoms with E-state index >= 15 is 0 Å². The van der Waals surface area contributed by atoms with Gasteiger partial charge >= 0.3 is 11.6 Å². The van der Waals surface area contributed by atoms with Crippen molar-refractivity contribution in [2.75, 3.05) is 11.9 Å². The predicted octanol–water partition coefficient (Wildman–Crippen LogP) is 3.50. The third-order valence-corrected chi connectivity index (χ3v) is 4.33. The summed E-state index contributed by atoms with van der Waals surface area (Å²) in [5, 5.41) is 3.26. The number of amides is 1. The first kappa shape index (κ1) is 18.1. The predicted molar refractivity (Wildman–Crippen MR) is 105 cm³/mol. The number of rotatable bonds is 4. The molecule has 0 aliphatic rings. The van der Waals surface area contributed by atoms with Crippen LogP contribution in [0.25, 0.3) is 11.0 Å². The molecule has 26 heavy (non-hydrogen) atoms. The van der Waals surface area contributed by atoms with Gasteiger partial charge in [0.25, 0.3) is 5.91 Å². The monoisotopic (exact) mass is 463 g/mol. The standard InChI is InChI=1S/C19H14INO5/c1-11-8-13(20)6-7-15(11)21-17(22)10-25-18(23)14-9-12-4-2-3-5-16(12)26-19(14)24/h2-9H,10H2,1H3,(H,21,22). The molecule has 0 fully saturated rings. The van der Waals surface area contributed by atoms with E-state index in [1.54, 1.807) is 30.3 Å². The topological polar surface area (TPSA) is 85.6 Å². The second-order valence-electron chi connectivity index (χ2n) is 5.57. The Balaban J connectivity index is 1.67. The Bertz CT molecular complexity index is 1060. The number of anilines is 1. The van der Waals surface area contributed by atoms with E-state index in [9.17, 15) is 14.4 Å². The van der Waals surface area contributed by atoms with Crippen LogP contribution in [0.5, 0.6) is 0 Å². The number of benzene rings is 2. The van der Waals surface area contributed by atoms with Gasteiger partial charge < -0.3 is 14.5 Å². The molecule has 0 atom stereocenters. The summed E-state index contributed by atoms with van der Waals surface area (Å²) >= 11 is 2.18. The van der Waals surface area contributed by atoms with Crippen molar-refractivity contribution >= 4 is 51.1 Å². The quantitative estimate of drug-likeness (QED) is 0.364. The first-order chi connectivity index (χ1) is 12.4. The van der Waals surface area contributed by atoms with Crippen LogP contribution in [0.15, 0.2) is 57.7 Å². The maximum Gasteiger partial charge on any atom is 0.351 e. The second kappa shape index (κ2) is 7.69. The minimum absolute atomic E-state index is 0.248. The van der Waals surface area contributed by atoms with Gasteiger partial charge in [-0.3, -0.25) is 4.79 Å². The summed E-state index contributed by atoms with van der Waals surface area (Å²) in [6, 6.07) is 13.8. The van der Waals surface area contributed by atoms with Gasteiger partial charge in [0.05, 0.1) is 0 Å². The van der Waals surface area contributed by atoms with Crippen LogP contribution in [0.3, 0.4) is 0 Å². The molecule has 0 radical (unpaired) electrons. The maximum atomic E-state index is 12.1. The zero-order valence-electron chi connectivity index (χ0n) is 13.7. The molecule has 132 valence electrons.